The third-order valence-corrected chi connectivity index (χ3v) is 3.97. The first kappa shape index (κ1) is 14.5. The molecular formula is C17H28N2. The minimum absolute atomic E-state index is 0.847. The number of rotatable bonds is 6. The van der Waals surface area contributed by atoms with Gasteiger partial charge in [-0.25, -0.2) is 0 Å². The number of nitrogens with zero attached hydrogens (tertiary/aromatic N) is 2. The van der Waals surface area contributed by atoms with Crippen molar-refractivity contribution in [1.29, 1.82) is 0 Å². The highest BCUT2D eigenvalue weighted by atomic mass is 15.3. The van der Waals surface area contributed by atoms with Crippen molar-refractivity contribution >= 4 is 0 Å². The van der Waals surface area contributed by atoms with Gasteiger partial charge < -0.3 is 4.90 Å². The molecule has 0 saturated carbocycles. The predicted octanol–water partition coefficient (Wildman–Crippen LogP) is 3.24. The van der Waals surface area contributed by atoms with E-state index >= 15 is 0 Å². The Morgan fingerprint density at radius 3 is 2.21 bits per heavy atom. The van der Waals surface area contributed by atoms with Gasteiger partial charge in [-0.3, -0.25) is 4.90 Å². The molecule has 1 aromatic rings. The molecule has 1 aliphatic heterocycles. The summed E-state index contributed by atoms with van der Waals surface area (Å²) in [7, 11) is 0. The molecule has 0 spiro atoms. The first-order valence-electron chi connectivity index (χ1n) is 7.72. The fourth-order valence-electron chi connectivity index (χ4n) is 2.74. The Balaban J connectivity index is 1.65. The van der Waals surface area contributed by atoms with E-state index in [1.807, 2.05) is 0 Å². The van der Waals surface area contributed by atoms with E-state index in [1.54, 1.807) is 0 Å². The first-order valence-corrected chi connectivity index (χ1v) is 7.72. The van der Waals surface area contributed by atoms with Crippen LogP contribution in [0.25, 0.3) is 0 Å². The summed E-state index contributed by atoms with van der Waals surface area (Å²) < 4.78 is 0. The molecule has 19 heavy (non-hydrogen) atoms. The van der Waals surface area contributed by atoms with Crippen LogP contribution in [-0.4, -0.2) is 42.5 Å². The molecule has 0 aliphatic carbocycles. The van der Waals surface area contributed by atoms with Crippen molar-refractivity contribution in [3.63, 3.8) is 0 Å². The second-order valence-corrected chi connectivity index (χ2v) is 6.14. The largest absolute Gasteiger partial charge is 0.301 e. The molecule has 1 aliphatic rings. The minimum atomic E-state index is 0.847. The van der Waals surface area contributed by atoms with Crippen LogP contribution in [-0.2, 0) is 6.54 Å². The topological polar surface area (TPSA) is 6.48 Å². The smallest absolute Gasteiger partial charge is 0.0234 e. The Morgan fingerprint density at radius 1 is 0.947 bits per heavy atom. The molecule has 0 N–H and O–H groups in total. The van der Waals surface area contributed by atoms with Gasteiger partial charge >= 0.3 is 0 Å². The van der Waals surface area contributed by atoms with E-state index in [-0.39, 0.29) is 0 Å². The number of hydrogen-bond donors (Lipinski definition) is 0. The molecule has 0 aromatic heterocycles. The summed E-state index contributed by atoms with van der Waals surface area (Å²) in [5.74, 6) is 0.847. The van der Waals surface area contributed by atoms with Crippen molar-refractivity contribution in [2.24, 2.45) is 5.92 Å². The van der Waals surface area contributed by atoms with E-state index in [0.29, 0.717) is 0 Å². The summed E-state index contributed by atoms with van der Waals surface area (Å²) in [4.78, 5) is 5.21. The standard InChI is InChI=1S/C17H28N2/c1-16(2)7-6-10-18-11-13-19(14-12-18)15-17-8-4-3-5-9-17/h3-5,8-9,16H,6-7,10-15H2,1-2H3. The highest BCUT2D eigenvalue weighted by molar-refractivity contribution is 5.14. The summed E-state index contributed by atoms with van der Waals surface area (Å²) in [6, 6.07) is 10.8. The SMILES string of the molecule is CC(C)CCCN1CCN(Cc2ccccc2)CC1. The monoisotopic (exact) mass is 260 g/mol. The second kappa shape index (κ2) is 7.66. The van der Waals surface area contributed by atoms with Crippen molar-refractivity contribution in [3.05, 3.63) is 35.9 Å². The summed E-state index contributed by atoms with van der Waals surface area (Å²) >= 11 is 0. The van der Waals surface area contributed by atoms with E-state index in [2.05, 4.69) is 54.0 Å². The Labute approximate surface area is 118 Å². The molecule has 1 fully saturated rings. The van der Waals surface area contributed by atoms with E-state index in [1.165, 1.54) is 51.1 Å². The van der Waals surface area contributed by atoms with Crippen LogP contribution in [0.15, 0.2) is 30.3 Å². The Bertz CT molecular complexity index is 340. The molecule has 0 bridgehead atoms. The molecule has 1 saturated heterocycles. The zero-order valence-corrected chi connectivity index (χ0v) is 12.5. The van der Waals surface area contributed by atoms with Crippen LogP contribution in [0.4, 0.5) is 0 Å². The van der Waals surface area contributed by atoms with Crippen molar-refractivity contribution in [3.8, 4) is 0 Å². The van der Waals surface area contributed by atoms with Gasteiger partial charge in [0.2, 0.25) is 0 Å². The average Bonchev–Trinajstić information content (AvgIpc) is 2.42. The van der Waals surface area contributed by atoms with E-state index in [0.717, 1.165) is 12.5 Å². The van der Waals surface area contributed by atoms with Gasteiger partial charge in [-0.05, 0) is 30.9 Å². The number of hydrogen-bond acceptors (Lipinski definition) is 2. The molecule has 0 atom stereocenters. The second-order valence-electron chi connectivity index (χ2n) is 6.14. The molecule has 2 nitrogen and oxygen atoms in total. The highest BCUT2D eigenvalue weighted by Crippen LogP contribution is 2.10. The Hall–Kier alpha value is -0.860. The van der Waals surface area contributed by atoms with Gasteiger partial charge in [0.25, 0.3) is 0 Å². The normalized spacial score (nSPS) is 18.1. The lowest BCUT2D eigenvalue weighted by atomic mass is 10.1. The summed E-state index contributed by atoms with van der Waals surface area (Å²) in [6.07, 6.45) is 2.72. The van der Waals surface area contributed by atoms with E-state index in [4.69, 9.17) is 0 Å². The maximum Gasteiger partial charge on any atom is 0.0234 e. The van der Waals surface area contributed by atoms with Gasteiger partial charge in [-0.15, -0.1) is 0 Å². The predicted molar refractivity (Wildman–Crippen MR) is 82.2 cm³/mol. The summed E-state index contributed by atoms with van der Waals surface area (Å²) in [6.45, 7) is 12.0. The lowest BCUT2D eigenvalue weighted by Crippen LogP contribution is -2.46. The molecule has 106 valence electrons. The molecule has 1 heterocycles. The van der Waals surface area contributed by atoms with Crippen LogP contribution in [0, 0.1) is 5.92 Å². The van der Waals surface area contributed by atoms with Gasteiger partial charge in [0.1, 0.15) is 0 Å². The molecule has 0 radical (unpaired) electrons. The average molecular weight is 260 g/mol. The van der Waals surface area contributed by atoms with Crippen LogP contribution < -0.4 is 0 Å². The summed E-state index contributed by atoms with van der Waals surface area (Å²) in [5.41, 5.74) is 1.44. The van der Waals surface area contributed by atoms with Crippen LogP contribution in [0.1, 0.15) is 32.3 Å². The minimum Gasteiger partial charge on any atom is -0.301 e. The molecule has 2 heteroatoms. The molecule has 0 unspecified atom stereocenters. The van der Waals surface area contributed by atoms with Crippen LogP contribution in [0.2, 0.25) is 0 Å². The van der Waals surface area contributed by atoms with Crippen molar-refractivity contribution in [2.45, 2.75) is 33.2 Å². The van der Waals surface area contributed by atoms with Gasteiger partial charge in [0.15, 0.2) is 0 Å². The Morgan fingerprint density at radius 2 is 1.58 bits per heavy atom. The number of benzene rings is 1. The maximum absolute atomic E-state index is 2.63. The third kappa shape index (κ3) is 5.33. The van der Waals surface area contributed by atoms with E-state index < -0.39 is 0 Å². The zero-order chi connectivity index (χ0) is 13.5. The number of piperazine rings is 1. The summed E-state index contributed by atoms with van der Waals surface area (Å²) in [5, 5.41) is 0. The lowest BCUT2D eigenvalue weighted by Gasteiger charge is -2.34. The molecule has 1 aromatic carbocycles. The third-order valence-electron chi connectivity index (χ3n) is 3.97. The van der Waals surface area contributed by atoms with Crippen LogP contribution >= 0.6 is 0 Å². The van der Waals surface area contributed by atoms with Crippen molar-refractivity contribution < 1.29 is 0 Å². The highest BCUT2D eigenvalue weighted by Gasteiger charge is 2.16. The first-order chi connectivity index (χ1) is 9.24. The van der Waals surface area contributed by atoms with Gasteiger partial charge in [0.05, 0.1) is 0 Å². The zero-order valence-electron chi connectivity index (χ0n) is 12.5. The van der Waals surface area contributed by atoms with Gasteiger partial charge in [-0.1, -0.05) is 44.2 Å². The van der Waals surface area contributed by atoms with E-state index in [9.17, 15) is 0 Å². The quantitative estimate of drug-likeness (QED) is 0.775. The molecular weight excluding hydrogens is 232 g/mol. The Kier molecular flexibility index (Phi) is 5.87. The van der Waals surface area contributed by atoms with Gasteiger partial charge in [-0.2, -0.15) is 0 Å². The maximum atomic E-state index is 2.63. The van der Waals surface area contributed by atoms with Crippen molar-refractivity contribution in [2.75, 3.05) is 32.7 Å². The lowest BCUT2D eigenvalue weighted by molar-refractivity contribution is 0.125. The fraction of sp³-hybridized carbons (Fsp3) is 0.647. The van der Waals surface area contributed by atoms with Crippen LogP contribution in [0.3, 0.4) is 0 Å². The molecule has 0 amide bonds. The van der Waals surface area contributed by atoms with Gasteiger partial charge in [0, 0.05) is 32.7 Å². The fourth-order valence-corrected chi connectivity index (χ4v) is 2.74. The van der Waals surface area contributed by atoms with Crippen molar-refractivity contribution in [1.82, 2.24) is 9.80 Å². The van der Waals surface area contributed by atoms with Crippen LogP contribution in [0.5, 0.6) is 0 Å². The molecule has 2 rings (SSSR count).